The summed E-state index contributed by atoms with van der Waals surface area (Å²) in [7, 11) is -0.474. The van der Waals surface area contributed by atoms with E-state index in [2.05, 4.69) is 53.8 Å². The van der Waals surface area contributed by atoms with Crippen LogP contribution in [-0.2, 0) is 18.9 Å². The molecule has 6 nitrogen and oxygen atoms in total. The summed E-state index contributed by atoms with van der Waals surface area (Å²) in [5, 5.41) is 3.34. The summed E-state index contributed by atoms with van der Waals surface area (Å²) in [5.41, 5.74) is 1.84. The van der Waals surface area contributed by atoms with Gasteiger partial charge in [0.15, 0.2) is 5.78 Å². The van der Waals surface area contributed by atoms with Crippen LogP contribution >= 0.6 is 0 Å². The molecule has 1 saturated heterocycles. The predicted octanol–water partition coefficient (Wildman–Crippen LogP) is 7.24. The van der Waals surface area contributed by atoms with Gasteiger partial charge in [0.1, 0.15) is 0 Å². The van der Waals surface area contributed by atoms with Crippen molar-refractivity contribution in [1.29, 1.82) is 0 Å². The summed E-state index contributed by atoms with van der Waals surface area (Å²) in [6.45, 7) is 15.7. The van der Waals surface area contributed by atoms with Crippen molar-refractivity contribution in [3.8, 4) is 0 Å². The van der Waals surface area contributed by atoms with E-state index in [-0.39, 0.29) is 53.6 Å². The first-order valence-electron chi connectivity index (χ1n) is 16.4. The number of para-hydroxylation sites is 2. The SMILES string of the molecule is CC(C)C[C@H](CC(=O)CN(c1ccccc1)c1ccccc1)C(=O)N[C@@H](CC(C)C)B1O[C@@H]2C[C@@H]3C[C@@H](C3(C)C)[C@]2(C)O1. The molecule has 2 aromatic carbocycles. The topological polar surface area (TPSA) is 67.9 Å². The van der Waals surface area contributed by atoms with E-state index in [0.29, 0.717) is 24.2 Å². The van der Waals surface area contributed by atoms with Gasteiger partial charge in [-0.3, -0.25) is 9.59 Å². The van der Waals surface area contributed by atoms with E-state index >= 15 is 0 Å². The Bertz CT molecular complexity index is 1210. The molecule has 1 amide bonds. The van der Waals surface area contributed by atoms with Gasteiger partial charge in [-0.1, -0.05) is 77.9 Å². The first kappa shape index (κ1) is 31.8. The van der Waals surface area contributed by atoms with Gasteiger partial charge >= 0.3 is 7.12 Å². The summed E-state index contributed by atoms with van der Waals surface area (Å²) in [5.74, 6) is 1.07. The van der Waals surface area contributed by atoms with Crippen molar-refractivity contribution in [3.63, 3.8) is 0 Å². The molecule has 2 bridgehead atoms. The van der Waals surface area contributed by atoms with E-state index in [9.17, 15) is 9.59 Å². The fourth-order valence-electron chi connectivity index (χ4n) is 8.03. The summed E-state index contributed by atoms with van der Waals surface area (Å²) in [4.78, 5) is 29.7. The Morgan fingerprint density at radius 1 is 0.907 bits per heavy atom. The van der Waals surface area contributed by atoms with Crippen molar-refractivity contribution in [2.24, 2.45) is 35.0 Å². The number of benzene rings is 2. The smallest absolute Gasteiger partial charge is 0.404 e. The van der Waals surface area contributed by atoms with Crippen LogP contribution in [0, 0.1) is 35.0 Å². The zero-order valence-electron chi connectivity index (χ0n) is 27.2. The standard InChI is InChI=1S/C36H51BN2O4/c1-24(2)18-26(20-30(40)23-39(28-14-10-8-11-15-28)29-16-12-9-13-17-29)34(41)38-33(19-25(3)4)37-42-32-22-27-21-31(35(27,5)6)36(32,7)43-37/h8-17,24-27,31-33H,18-23H2,1-7H3,(H,38,41)/t26-,27+,31+,32-,33+,36+/m1/s1. The average molecular weight is 587 g/mol. The third-order valence-electron chi connectivity index (χ3n) is 10.4. The number of anilines is 2. The van der Waals surface area contributed by atoms with Gasteiger partial charge in [-0.05, 0) is 86.0 Å². The number of nitrogens with zero attached hydrogens (tertiary/aromatic N) is 1. The molecule has 0 spiro atoms. The van der Waals surface area contributed by atoms with Gasteiger partial charge in [-0.25, -0.2) is 0 Å². The molecule has 3 saturated carbocycles. The zero-order valence-corrected chi connectivity index (χ0v) is 27.2. The molecular formula is C36H51BN2O4. The minimum Gasteiger partial charge on any atom is -0.404 e. The molecule has 0 unspecified atom stereocenters. The number of carbonyl (C=O) groups is 2. The molecule has 43 heavy (non-hydrogen) atoms. The number of Topliss-reactive ketones (excluding diaryl/α,β-unsaturated/α-hetero) is 1. The van der Waals surface area contributed by atoms with Crippen LogP contribution in [0.4, 0.5) is 11.4 Å². The molecule has 0 radical (unpaired) electrons. The Hall–Kier alpha value is -2.64. The number of nitrogens with one attached hydrogen (secondary N) is 1. The van der Waals surface area contributed by atoms with Crippen LogP contribution in [0.25, 0.3) is 0 Å². The molecule has 1 heterocycles. The van der Waals surface area contributed by atoms with Crippen LogP contribution in [0.3, 0.4) is 0 Å². The van der Waals surface area contributed by atoms with Crippen molar-refractivity contribution < 1.29 is 18.9 Å². The number of hydrogen-bond acceptors (Lipinski definition) is 5. The minimum atomic E-state index is -0.474. The molecule has 6 rings (SSSR count). The highest BCUT2D eigenvalue weighted by Crippen LogP contribution is 2.65. The van der Waals surface area contributed by atoms with Gasteiger partial charge < -0.3 is 19.5 Å². The molecule has 1 aliphatic heterocycles. The van der Waals surface area contributed by atoms with Crippen molar-refractivity contribution in [2.45, 2.75) is 98.2 Å². The molecule has 232 valence electrons. The molecule has 0 aromatic heterocycles. The molecular weight excluding hydrogens is 535 g/mol. The second kappa shape index (κ2) is 12.8. The molecule has 3 aliphatic carbocycles. The lowest BCUT2D eigenvalue weighted by Gasteiger charge is -2.64. The number of carbonyl (C=O) groups excluding carboxylic acids is 2. The minimum absolute atomic E-state index is 0.0443. The summed E-state index contributed by atoms with van der Waals surface area (Å²) in [6.07, 6.45) is 3.87. The maximum absolute atomic E-state index is 14.0. The maximum Gasteiger partial charge on any atom is 0.481 e. The number of amides is 1. The van der Waals surface area contributed by atoms with Gasteiger partial charge in [-0.2, -0.15) is 0 Å². The second-order valence-electron chi connectivity index (χ2n) is 14.9. The van der Waals surface area contributed by atoms with Gasteiger partial charge in [0.2, 0.25) is 5.91 Å². The van der Waals surface area contributed by atoms with Crippen molar-refractivity contribution in [2.75, 3.05) is 11.4 Å². The monoisotopic (exact) mass is 586 g/mol. The lowest BCUT2D eigenvalue weighted by atomic mass is 9.43. The van der Waals surface area contributed by atoms with Crippen molar-refractivity contribution in [3.05, 3.63) is 60.7 Å². The summed E-state index contributed by atoms with van der Waals surface area (Å²) < 4.78 is 13.4. The quantitative estimate of drug-likeness (QED) is 0.251. The Morgan fingerprint density at radius 2 is 1.49 bits per heavy atom. The lowest BCUT2D eigenvalue weighted by molar-refractivity contribution is -0.199. The maximum atomic E-state index is 14.0. The highest BCUT2D eigenvalue weighted by atomic mass is 16.7. The molecule has 4 aliphatic rings. The molecule has 2 aromatic rings. The number of rotatable bonds is 13. The second-order valence-corrected chi connectivity index (χ2v) is 14.9. The Labute approximate surface area is 259 Å². The van der Waals surface area contributed by atoms with Crippen LogP contribution in [0.1, 0.15) is 80.6 Å². The number of ketones is 1. The van der Waals surface area contributed by atoms with Gasteiger partial charge in [0.05, 0.1) is 24.2 Å². The van der Waals surface area contributed by atoms with E-state index in [1.807, 2.05) is 65.6 Å². The summed E-state index contributed by atoms with van der Waals surface area (Å²) >= 11 is 0. The van der Waals surface area contributed by atoms with Crippen LogP contribution < -0.4 is 10.2 Å². The predicted molar refractivity (Wildman–Crippen MR) is 174 cm³/mol. The highest BCUT2D eigenvalue weighted by Gasteiger charge is 2.68. The first-order valence-corrected chi connectivity index (χ1v) is 16.4. The third-order valence-corrected chi connectivity index (χ3v) is 10.4. The fourth-order valence-corrected chi connectivity index (χ4v) is 8.03. The van der Waals surface area contributed by atoms with Crippen LogP contribution in [0.15, 0.2) is 60.7 Å². The Balaban J connectivity index is 1.29. The molecule has 7 heteroatoms. The van der Waals surface area contributed by atoms with E-state index in [1.54, 1.807) is 0 Å². The van der Waals surface area contributed by atoms with Crippen LogP contribution in [-0.4, -0.2) is 43.0 Å². The van der Waals surface area contributed by atoms with E-state index < -0.39 is 13.0 Å². The van der Waals surface area contributed by atoms with Crippen molar-refractivity contribution >= 4 is 30.2 Å². The summed E-state index contributed by atoms with van der Waals surface area (Å²) in [6, 6.07) is 19.9. The average Bonchev–Trinajstić information content (AvgIpc) is 3.33. The fraction of sp³-hybridized carbons (Fsp3) is 0.611. The largest absolute Gasteiger partial charge is 0.481 e. The van der Waals surface area contributed by atoms with E-state index in [4.69, 9.17) is 9.31 Å². The van der Waals surface area contributed by atoms with Crippen LogP contribution in [0.5, 0.6) is 0 Å². The number of hydrogen-bond donors (Lipinski definition) is 1. The van der Waals surface area contributed by atoms with Gasteiger partial charge in [0, 0.05) is 23.7 Å². The third kappa shape index (κ3) is 6.73. The molecule has 4 fully saturated rings. The van der Waals surface area contributed by atoms with Crippen LogP contribution in [0.2, 0.25) is 0 Å². The Morgan fingerprint density at radius 3 is 2.02 bits per heavy atom. The van der Waals surface area contributed by atoms with E-state index in [0.717, 1.165) is 24.2 Å². The molecule has 6 atom stereocenters. The van der Waals surface area contributed by atoms with Gasteiger partial charge in [-0.15, -0.1) is 0 Å². The zero-order chi connectivity index (χ0) is 30.9. The van der Waals surface area contributed by atoms with Gasteiger partial charge in [0.25, 0.3) is 0 Å². The Kier molecular flexibility index (Phi) is 9.44. The first-order chi connectivity index (χ1) is 20.4. The van der Waals surface area contributed by atoms with E-state index in [1.165, 1.54) is 6.42 Å². The highest BCUT2D eigenvalue weighted by molar-refractivity contribution is 6.47. The lowest BCUT2D eigenvalue weighted by Crippen LogP contribution is -2.65. The van der Waals surface area contributed by atoms with Crippen molar-refractivity contribution in [1.82, 2.24) is 5.32 Å². The molecule has 1 N–H and O–H groups in total. The normalized spacial score (nSPS) is 26.9.